The molecule has 2 heterocycles. The van der Waals surface area contributed by atoms with E-state index >= 15 is 0 Å². The van der Waals surface area contributed by atoms with Gasteiger partial charge in [0.05, 0.1) is 44.0 Å². The van der Waals surface area contributed by atoms with Crippen LogP contribution in [0.1, 0.15) is 58.7 Å². The quantitative estimate of drug-likeness (QED) is 0.182. The molecule has 12 heteroatoms. The lowest BCUT2D eigenvalue weighted by atomic mass is 9.95. The highest BCUT2D eigenvalue weighted by atomic mass is 79.9. The van der Waals surface area contributed by atoms with E-state index < -0.39 is 22.5 Å². The Hall–Kier alpha value is -3.77. The number of nitro benzene ring substituents is 1. The molecule has 2 aromatic carbocycles. The minimum atomic E-state index is -0.856. The minimum Gasteiger partial charge on any atom is -0.491 e. The van der Waals surface area contributed by atoms with Gasteiger partial charge in [-0.25, -0.2) is 9.79 Å². The van der Waals surface area contributed by atoms with Crippen molar-refractivity contribution in [2.75, 3.05) is 6.61 Å². The second kappa shape index (κ2) is 12.4. The number of para-hydroxylation sites is 1. The number of ether oxygens (including phenoxy) is 3. The third kappa shape index (κ3) is 6.28. The summed E-state index contributed by atoms with van der Waals surface area (Å²) in [7, 11) is 0. The van der Waals surface area contributed by atoms with Crippen molar-refractivity contribution in [3.63, 3.8) is 0 Å². The summed E-state index contributed by atoms with van der Waals surface area (Å²) >= 11 is 4.50. The molecule has 0 unspecified atom stereocenters. The number of hydrogen-bond acceptors (Lipinski definition) is 9. The number of hydrogen-bond donors (Lipinski definition) is 0. The lowest BCUT2D eigenvalue weighted by Gasteiger charge is -2.26. The average molecular weight is 645 g/mol. The molecule has 0 aliphatic carbocycles. The van der Waals surface area contributed by atoms with Gasteiger partial charge < -0.3 is 14.2 Å². The Morgan fingerprint density at radius 1 is 1.20 bits per heavy atom. The standard InChI is InChI=1S/C29H30BrN3O7S/c1-7-38-28(35)24-17(6)31-29-32(25(24)19-10-8-9-11-22(19)39-15(2)3)27(34)23(41-29)14-18-12-20(30)26(40-16(4)5)21(13-18)33(36)37/h8-16,25H,7H2,1-6H3/b23-14-/t25-/m0/s1. The SMILES string of the molecule is CCOC(=O)C1=C(C)N=c2s/c(=C\c3cc(Br)c(OC(C)C)c([N+](=O)[O-])c3)c(=O)n2[C@H]1c1ccccc1OC(C)C. The molecule has 0 fully saturated rings. The van der Waals surface area contributed by atoms with Gasteiger partial charge in [0.1, 0.15) is 11.8 Å². The van der Waals surface area contributed by atoms with E-state index in [2.05, 4.69) is 20.9 Å². The molecule has 0 amide bonds. The fourth-order valence-corrected chi connectivity index (χ4v) is 6.08. The molecule has 216 valence electrons. The lowest BCUT2D eigenvalue weighted by Crippen LogP contribution is -2.40. The molecule has 0 saturated carbocycles. The van der Waals surface area contributed by atoms with Gasteiger partial charge in [-0.2, -0.15) is 0 Å². The monoisotopic (exact) mass is 643 g/mol. The van der Waals surface area contributed by atoms with Gasteiger partial charge in [0.15, 0.2) is 4.80 Å². The van der Waals surface area contributed by atoms with Crippen LogP contribution < -0.4 is 24.4 Å². The summed E-state index contributed by atoms with van der Waals surface area (Å²) < 4.78 is 19.2. The molecule has 1 aliphatic heterocycles. The summed E-state index contributed by atoms with van der Waals surface area (Å²) in [5, 5.41) is 11.8. The number of nitro groups is 1. The van der Waals surface area contributed by atoms with Crippen LogP contribution in [0.4, 0.5) is 5.69 Å². The Morgan fingerprint density at radius 2 is 1.88 bits per heavy atom. The Kier molecular flexibility index (Phi) is 9.13. The summed E-state index contributed by atoms with van der Waals surface area (Å²) in [4.78, 5) is 43.5. The summed E-state index contributed by atoms with van der Waals surface area (Å²) in [6, 6.07) is 9.40. The van der Waals surface area contributed by atoms with Gasteiger partial charge in [-0.3, -0.25) is 19.5 Å². The third-order valence-electron chi connectivity index (χ3n) is 5.99. The highest BCUT2D eigenvalue weighted by Gasteiger charge is 2.35. The molecule has 1 atom stereocenters. The van der Waals surface area contributed by atoms with E-state index in [9.17, 15) is 19.7 Å². The van der Waals surface area contributed by atoms with E-state index in [1.165, 1.54) is 10.6 Å². The fraction of sp³-hybridized carbons (Fsp3) is 0.345. The average Bonchev–Trinajstić information content (AvgIpc) is 3.18. The number of nitrogens with zero attached hydrogens (tertiary/aromatic N) is 3. The highest BCUT2D eigenvalue weighted by Crippen LogP contribution is 2.38. The van der Waals surface area contributed by atoms with Gasteiger partial charge in [0.25, 0.3) is 5.56 Å². The van der Waals surface area contributed by atoms with Crippen LogP contribution in [0.15, 0.2) is 61.9 Å². The van der Waals surface area contributed by atoms with Gasteiger partial charge in [-0.05, 0) is 81.2 Å². The molecule has 1 aliphatic rings. The molecular formula is C29H30BrN3O7S. The minimum absolute atomic E-state index is 0.111. The largest absolute Gasteiger partial charge is 0.491 e. The third-order valence-corrected chi connectivity index (χ3v) is 7.56. The van der Waals surface area contributed by atoms with Gasteiger partial charge in [0, 0.05) is 11.6 Å². The lowest BCUT2D eigenvalue weighted by molar-refractivity contribution is -0.386. The van der Waals surface area contributed by atoms with Gasteiger partial charge in [-0.15, -0.1) is 0 Å². The van der Waals surface area contributed by atoms with Crippen LogP contribution in [0.5, 0.6) is 11.5 Å². The molecule has 0 N–H and O–H groups in total. The smallest absolute Gasteiger partial charge is 0.338 e. The van der Waals surface area contributed by atoms with Crippen LogP contribution in [0.25, 0.3) is 6.08 Å². The Labute approximate surface area is 248 Å². The molecule has 41 heavy (non-hydrogen) atoms. The first kappa shape index (κ1) is 30.2. The number of thiazole rings is 1. The Bertz CT molecular complexity index is 1720. The van der Waals surface area contributed by atoms with E-state index in [0.717, 1.165) is 11.3 Å². The number of carbonyl (C=O) groups is 1. The van der Waals surface area contributed by atoms with Crippen LogP contribution >= 0.6 is 27.3 Å². The molecule has 3 aromatic rings. The summed E-state index contributed by atoms with van der Waals surface area (Å²) in [5.41, 5.74) is 1.05. The van der Waals surface area contributed by atoms with Crippen LogP contribution in [-0.2, 0) is 9.53 Å². The first-order valence-electron chi connectivity index (χ1n) is 13.0. The molecule has 0 spiro atoms. The van der Waals surface area contributed by atoms with Crippen molar-refractivity contribution in [3.8, 4) is 11.5 Å². The fourth-order valence-electron chi connectivity index (χ4n) is 4.48. The first-order chi connectivity index (χ1) is 19.4. The van der Waals surface area contributed by atoms with Gasteiger partial charge in [0.2, 0.25) is 5.75 Å². The van der Waals surface area contributed by atoms with Crippen LogP contribution in [0.3, 0.4) is 0 Å². The predicted molar refractivity (Wildman–Crippen MR) is 159 cm³/mol. The topological polar surface area (TPSA) is 122 Å². The number of carbonyl (C=O) groups excluding carboxylic acids is 1. The van der Waals surface area contributed by atoms with Crippen molar-refractivity contribution in [3.05, 3.63) is 93.1 Å². The van der Waals surface area contributed by atoms with Crippen molar-refractivity contribution in [2.45, 2.75) is 59.8 Å². The zero-order valence-electron chi connectivity index (χ0n) is 23.5. The van der Waals surface area contributed by atoms with Crippen LogP contribution in [-0.4, -0.2) is 34.3 Å². The zero-order valence-corrected chi connectivity index (χ0v) is 25.9. The molecule has 0 bridgehead atoms. The molecule has 0 radical (unpaired) electrons. The Balaban J connectivity index is 1.96. The second-order valence-electron chi connectivity index (χ2n) is 9.78. The van der Waals surface area contributed by atoms with Gasteiger partial charge >= 0.3 is 11.7 Å². The van der Waals surface area contributed by atoms with Crippen LogP contribution in [0.2, 0.25) is 0 Å². The first-order valence-corrected chi connectivity index (χ1v) is 14.6. The number of esters is 1. The van der Waals surface area contributed by atoms with Crippen molar-refractivity contribution in [1.82, 2.24) is 4.57 Å². The maximum atomic E-state index is 14.0. The highest BCUT2D eigenvalue weighted by molar-refractivity contribution is 9.10. The number of benzene rings is 2. The molecular weight excluding hydrogens is 614 g/mol. The van der Waals surface area contributed by atoms with Crippen molar-refractivity contribution >= 4 is 45.0 Å². The Morgan fingerprint density at radius 3 is 2.51 bits per heavy atom. The summed E-state index contributed by atoms with van der Waals surface area (Å²) in [6.07, 6.45) is 1.14. The number of rotatable bonds is 9. The van der Waals surface area contributed by atoms with E-state index in [4.69, 9.17) is 14.2 Å². The van der Waals surface area contributed by atoms with E-state index in [0.29, 0.717) is 31.8 Å². The normalized spacial score (nSPS) is 15.1. The zero-order chi connectivity index (χ0) is 30.0. The van der Waals surface area contributed by atoms with E-state index in [-0.39, 0.29) is 40.4 Å². The molecule has 4 rings (SSSR count). The summed E-state index contributed by atoms with van der Waals surface area (Å²) in [6.45, 7) is 10.9. The maximum absolute atomic E-state index is 14.0. The van der Waals surface area contributed by atoms with Crippen molar-refractivity contribution < 1.29 is 23.9 Å². The number of allylic oxidation sites excluding steroid dienone is 1. The van der Waals surface area contributed by atoms with Crippen molar-refractivity contribution in [1.29, 1.82) is 0 Å². The van der Waals surface area contributed by atoms with Crippen LogP contribution in [0, 0.1) is 10.1 Å². The molecule has 1 aromatic heterocycles. The number of halogens is 1. The van der Waals surface area contributed by atoms with E-state index in [1.54, 1.807) is 45.9 Å². The maximum Gasteiger partial charge on any atom is 0.338 e. The molecule has 10 nitrogen and oxygen atoms in total. The number of fused-ring (bicyclic) bond motifs is 1. The van der Waals surface area contributed by atoms with Gasteiger partial charge in [-0.1, -0.05) is 29.5 Å². The molecule has 0 saturated heterocycles. The van der Waals surface area contributed by atoms with E-state index in [1.807, 2.05) is 32.0 Å². The second-order valence-corrected chi connectivity index (χ2v) is 11.6. The van der Waals surface area contributed by atoms with Crippen molar-refractivity contribution in [2.24, 2.45) is 4.99 Å². The summed E-state index contributed by atoms with van der Waals surface area (Å²) in [5.74, 6) is 0.0617. The predicted octanol–water partition coefficient (Wildman–Crippen LogP) is 5.04. The number of aromatic nitrogens is 1.